The van der Waals surface area contributed by atoms with Crippen molar-refractivity contribution in [3.8, 4) is 0 Å². The molecule has 0 aliphatic carbocycles. The maximum atomic E-state index is 11.3. The van der Waals surface area contributed by atoms with Crippen molar-refractivity contribution in [1.82, 2.24) is 0 Å². The second-order valence-electron chi connectivity index (χ2n) is 3.35. The lowest BCUT2D eigenvalue weighted by Gasteiger charge is -2.06. The topological polar surface area (TPSA) is 64.6 Å². The van der Waals surface area contributed by atoms with E-state index in [9.17, 15) is 9.59 Å². The predicted molar refractivity (Wildman–Crippen MR) is 67.2 cm³/mol. The number of para-hydroxylation sites is 1. The quantitative estimate of drug-likeness (QED) is 0.477. The molecular weight excluding hydrogens is 234 g/mol. The molecule has 1 N–H and O–H groups in total. The van der Waals surface area contributed by atoms with Crippen LogP contribution in [0.25, 0.3) is 0 Å². The van der Waals surface area contributed by atoms with E-state index in [-0.39, 0.29) is 13.2 Å². The molecular formula is C13H15NO4. The van der Waals surface area contributed by atoms with Crippen molar-refractivity contribution in [3.63, 3.8) is 0 Å². The van der Waals surface area contributed by atoms with Crippen LogP contribution in [-0.4, -0.2) is 25.3 Å². The Hall–Kier alpha value is -2.30. The van der Waals surface area contributed by atoms with Crippen LogP contribution in [0.5, 0.6) is 0 Å². The lowest BCUT2D eigenvalue weighted by Crippen LogP contribution is -2.15. The van der Waals surface area contributed by atoms with E-state index in [0.717, 1.165) is 6.08 Å². The van der Waals surface area contributed by atoms with Gasteiger partial charge in [-0.15, -0.1) is 0 Å². The molecule has 0 radical (unpaired) electrons. The number of anilines is 1. The minimum atomic E-state index is -0.531. The highest BCUT2D eigenvalue weighted by atomic mass is 16.6. The van der Waals surface area contributed by atoms with Crippen LogP contribution in [0.1, 0.15) is 6.42 Å². The fourth-order valence-corrected chi connectivity index (χ4v) is 1.13. The summed E-state index contributed by atoms with van der Waals surface area (Å²) in [6.07, 6.45) is 1.00. The minimum absolute atomic E-state index is 0.184. The lowest BCUT2D eigenvalue weighted by atomic mass is 10.3. The molecule has 0 aliphatic heterocycles. The number of amides is 1. The van der Waals surface area contributed by atoms with Crippen molar-refractivity contribution in [1.29, 1.82) is 0 Å². The van der Waals surface area contributed by atoms with Crippen LogP contribution in [0.15, 0.2) is 43.0 Å². The van der Waals surface area contributed by atoms with E-state index in [4.69, 9.17) is 9.47 Å². The molecule has 0 heterocycles. The Morgan fingerprint density at radius 3 is 2.50 bits per heavy atom. The third-order valence-corrected chi connectivity index (χ3v) is 1.95. The Labute approximate surface area is 105 Å². The molecule has 1 aromatic carbocycles. The molecule has 18 heavy (non-hydrogen) atoms. The van der Waals surface area contributed by atoms with Gasteiger partial charge in [0.25, 0.3) is 0 Å². The molecule has 1 amide bonds. The van der Waals surface area contributed by atoms with Crippen molar-refractivity contribution in [2.75, 3.05) is 18.5 Å². The van der Waals surface area contributed by atoms with Crippen molar-refractivity contribution in [3.05, 3.63) is 43.0 Å². The molecule has 0 aromatic heterocycles. The van der Waals surface area contributed by atoms with Crippen LogP contribution in [0.4, 0.5) is 10.5 Å². The van der Waals surface area contributed by atoms with Crippen LogP contribution >= 0.6 is 0 Å². The standard InChI is InChI=1S/C13H15NO4/c1-2-12(15)17-9-6-10-18-13(16)14-11-7-4-3-5-8-11/h2-5,7-8H,1,6,9-10H2,(H,14,16). The number of hydrogen-bond acceptors (Lipinski definition) is 4. The zero-order chi connectivity index (χ0) is 13.2. The summed E-state index contributed by atoms with van der Waals surface area (Å²) in [7, 11) is 0. The largest absolute Gasteiger partial charge is 0.462 e. The van der Waals surface area contributed by atoms with Crippen LogP contribution < -0.4 is 5.32 Å². The summed E-state index contributed by atoms with van der Waals surface area (Å²) in [5.41, 5.74) is 0.667. The Morgan fingerprint density at radius 2 is 1.83 bits per heavy atom. The summed E-state index contributed by atoms with van der Waals surface area (Å²) >= 11 is 0. The molecule has 0 bridgehead atoms. The van der Waals surface area contributed by atoms with Crippen LogP contribution in [0.3, 0.4) is 0 Å². The number of benzene rings is 1. The molecule has 0 unspecified atom stereocenters. The van der Waals surface area contributed by atoms with Gasteiger partial charge in [0.1, 0.15) is 0 Å². The molecule has 0 aliphatic rings. The molecule has 0 saturated carbocycles. The zero-order valence-corrected chi connectivity index (χ0v) is 9.93. The zero-order valence-electron chi connectivity index (χ0n) is 9.93. The first kappa shape index (κ1) is 13.8. The molecule has 5 nitrogen and oxygen atoms in total. The van der Waals surface area contributed by atoms with Crippen LogP contribution in [0, 0.1) is 0 Å². The number of carbonyl (C=O) groups excluding carboxylic acids is 2. The van der Waals surface area contributed by atoms with E-state index < -0.39 is 12.1 Å². The van der Waals surface area contributed by atoms with Crippen molar-refractivity contribution < 1.29 is 19.1 Å². The van der Waals surface area contributed by atoms with Gasteiger partial charge in [-0.1, -0.05) is 24.8 Å². The van der Waals surface area contributed by atoms with Gasteiger partial charge in [0.2, 0.25) is 0 Å². The number of hydrogen-bond donors (Lipinski definition) is 1. The fourth-order valence-electron chi connectivity index (χ4n) is 1.13. The fraction of sp³-hybridized carbons (Fsp3) is 0.231. The highest BCUT2D eigenvalue weighted by molar-refractivity contribution is 5.84. The van der Waals surface area contributed by atoms with Crippen molar-refractivity contribution in [2.24, 2.45) is 0 Å². The van der Waals surface area contributed by atoms with Gasteiger partial charge in [0.15, 0.2) is 0 Å². The van der Waals surface area contributed by atoms with E-state index in [1.807, 2.05) is 18.2 Å². The van der Waals surface area contributed by atoms with E-state index in [0.29, 0.717) is 12.1 Å². The van der Waals surface area contributed by atoms with E-state index in [1.165, 1.54) is 0 Å². The third-order valence-electron chi connectivity index (χ3n) is 1.95. The van der Waals surface area contributed by atoms with Gasteiger partial charge in [-0.25, -0.2) is 9.59 Å². The highest BCUT2D eigenvalue weighted by Gasteiger charge is 2.02. The maximum absolute atomic E-state index is 11.3. The Bertz CT molecular complexity index is 403. The van der Waals surface area contributed by atoms with Crippen LogP contribution in [0.2, 0.25) is 0 Å². The SMILES string of the molecule is C=CC(=O)OCCCOC(=O)Nc1ccccc1. The first-order valence-electron chi connectivity index (χ1n) is 5.50. The second kappa shape index (κ2) is 7.89. The number of esters is 1. The van der Waals surface area contributed by atoms with Crippen LogP contribution in [-0.2, 0) is 14.3 Å². The van der Waals surface area contributed by atoms with Gasteiger partial charge in [0, 0.05) is 18.2 Å². The second-order valence-corrected chi connectivity index (χ2v) is 3.35. The Balaban J connectivity index is 2.11. The number of ether oxygens (including phenoxy) is 2. The normalized spacial score (nSPS) is 9.33. The first-order valence-corrected chi connectivity index (χ1v) is 5.50. The summed E-state index contributed by atoms with van der Waals surface area (Å²) < 4.78 is 9.62. The van der Waals surface area contributed by atoms with Gasteiger partial charge >= 0.3 is 12.1 Å². The summed E-state index contributed by atoms with van der Waals surface area (Å²) in [5.74, 6) is -0.483. The molecule has 1 rings (SSSR count). The number of nitrogens with one attached hydrogen (secondary N) is 1. The third kappa shape index (κ3) is 5.69. The van der Waals surface area contributed by atoms with Gasteiger partial charge in [-0.05, 0) is 12.1 Å². The summed E-state index contributed by atoms with van der Waals surface area (Å²) in [6, 6.07) is 8.99. The number of rotatable bonds is 6. The molecule has 0 spiro atoms. The van der Waals surface area contributed by atoms with Gasteiger partial charge < -0.3 is 9.47 Å². The Kier molecular flexibility index (Phi) is 6.03. The van der Waals surface area contributed by atoms with Gasteiger partial charge in [0.05, 0.1) is 13.2 Å². The van der Waals surface area contributed by atoms with E-state index >= 15 is 0 Å². The van der Waals surface area contributed by atoms with Gasteiger partial charge in [-0.2, -0.15) is 0 Å². The summed E-state index contributed by atoms with van der Waals surface area (Å²) in [5, 5.41) is 2.57. The lowest BCUT2D eigenvalue weighted by molar-refractivity contribution is -0.137. The number of carbonyl (C=O) groups is 2. The highest BCUT2D eigenvalue weighted by Crippen LogP contribution is 2.05. The summed E-state index contributed by atoms with van der Waals surface area (Å²) in [4.78, 5) is 22.0. The molecule has 0 atom stereocenters. The molecule has 1 aromatic rings. The maximum Gasteiger partial charge on any atom is 0.411 e. The molecule has 0 fully saturated rings. The smallest absolute Gasteiger partial charge is 0.411 e. The molecule has 96 valence electrons. The van der Waals surface area contributed by atoms with Crippen molar-refractivity contribution >= 4 is 17.7 Å². The van der Waals surface area contributed by atoms with E-state index in [2.05, 4.69) is 11.9 Å². The predicted octanol–water partition coefficient (Wildman–Crippen LogP) is 2.35. The average molecular weight is 249 g/mol. The monoisotopic (exact) mass is 249 g/mol. The van der Waals surface area contributed by atoms with Gasteiger partial charge in [-0.3, -0.25) is 5.32 Å². The Morgan fingerprint density at radius 1 is 1.17 bits per heavy atom. The molecule has 5 heteroatoms. The minimum Gasteiger partial charge on any atom is -0.462 e. The van der Waals surface area contributed by atoms with E-state index in [1.54, 1.807) is 12.1 Å². The summed E-state index contributed by atoms with van der Waals surface area (Å²) in [6.45, 7) is 3.65. The average Bonchev–Trinajstić information content (AvgIpc) is 2.39. The van der Waals surface area contributed by atoms with Crippen molar-refractivity contribution in [2.45, 2.75) is 6.42 Å². The first-order chi connectivity index (χ1) is 8.72. The molecule has 0 saturated heterocycles.